The summed E-state index contributed by atoms with van der Waals surface area (Å²) in [5.41, 5.74) is 8.60. The van der Waals surface area contributed by atoms with Crippen LogP contribution in [0, 0.1) is 6.92 Å². The van der Waals surface area contributed by atoms with Gasteiger partial charge in [0.1, 0.15) is 5.82 Å². The van der Waals surface area contributed by atoms with Crippen molar-refractivity contribution in [3.63, 3.8) is 0 Å². The van der Waals surface area contributed by atoms with Crippen LogP contribution in [0.25, 0.3) is 10.9 Å². The lowest BCUT2D eigenvalue weighted by Gasteiger charge is -2.23. The smallest absolute Gasteiger partial charge is 0.238 e. The van der Waals surface area contributed by atoms with Crippen LogP contribution in [-0.4, -0.2) is 38.2 Å². The van der Waals surface area contributed by atoms with Gasteiger partial charge in [0.15, 0.2) is 9.84 Å². The van der Waals surface area contributed by atoms with Gasteiger partial charge in [0.2, 0.25) is 5.91 Å². The number of hydrogen-bond acceptors (Lipinski definition) is 6. The zero-order chi connectivity index (χ0) is 20.6. The molecule has 0 radical (unpaired) electrons. The average Bonchev–Trinajstić information content (AvgIpc) is 2.84. The largest absolute Gasteiger partial charge is 0.351 e. The molecule has 0 saturated carbocycles. The van der Waals surface area contributed by atoms with Crippen molar-refractivity contribution < 1.29 is 13.2 Å². The second-order valence-electron chi connectivity index (χ2n) is 7.15. The summed E-state index contributed by atoms with van der Waals surface area (Å²) in [6, 6.07) is 14.6. The number of rotatable bonds is 3. The van der Waals surface area contributed by atoms with Gasteiger partial charge in [-0.1, -0.05) is 29.8 Å². The van der Waals surface area contributed by atoms with Crippen molar-refractivity contribution in [2.24, 2.45) is 5.73 Å². The highest BCUT2D eigenvalue weighted by Gasteiger charge is 2.26. The zero-order valence-corrected chi connectivity index (χ0v) is 16.9. The number of anilines is 2. The molecule has 1 aromatic heterocycles. The Morgan fingerprint density at radius 2 is 2.00 bits per heavy atom. The van der Waals surface area contributed by atoms with Crippen LogP contribution in [0.5, 0.6) is 0 Å². The Hall–Kier alpha value is -2.97. The van der Waals surface area contributed by atoms with Crippen LogP contribution < -0.4 is 16.0 Å². The van der Waals surface area contributed by atoms with E-state index < -0.39 is 9.84 Å². The van der Waals surface area contributed by atoms with E-state index in [4.69, 9.17) is 10.7 Å². The van der Waals surface area contributed by atoms with Gasteiger partial charge in [-0.25, -0.2) is 13.4 Å². The van der Waals surface area contributed by atoms with Crippen molar-refractivity contribution in [3.8, 4) is 0 Å². The predicted molar refractivity (Wildman–Crippen MR) is 114 cm³/mol. The first kappa shape index (κ1) is 19.4. The molecule has 0 fully saturated rings. The van der Waals surface area contributed by atoms with E-state index >= 15 is 0 Å². The molecule has 29 heavy (non-hydrogen) atoms. The summed E-state index contributed by atoms with van der Waals surface area (Å²) in [5, 5.41) is 3.66. The van der Waals surface area contributed by atoms with Gasteiger partial charge in [0, 0.05) is 24.5 Å². The van der Waals surface area contributed by atoms with Crippen LogP contribution >= 0.6 is 0 Å². The van der Waals surface area contributed by atoms with Gasteiger partial charge in [0.05, 0.1) is 28.4 Å². The molecule has 0 bridgehead atoms. The fourth-order valence-electron chi connectivity index (χ4n) is 3.55. The maximum absolute atomic E-state index is 12.7. The van der Waals surface area contributed by atoms with E-state index in [0.29, 0.717) is 29.5 Å². The molecule has 1 amide bonds. The standard InChI is InChI=1S/C21H22N4O3S/c1-14-6-7-17-16(10-14)18(24-21(26)12-22)11-20(23-17)25-8-9-29(27,28)19-5-3-2-4-15(19)13-25/h2-7,10-11H,8-9,12-13,22H2,1H3,(H,23,24,26). The molecule has 7 nitrogen and oxygen atoms in total. The Kier molecular flexibility index (Phi) is 4.97. The molecule has 4 rings (SSSR count). The van der Waals surface area contributed by atoms with Gasteiger partial charge >= 0.3 is 0 Å². The molecule has 0 aliphatic carbocycles. The Balaban J connectivity index is 1.82. The van der Waals surface area contributed by atoms with Gasteiger partial charge in [0.25, 0.3) is 0 Å². The topological polar surface area (TPSA) is 105 Å². The van der Waals surface area contributed by atoms with Crippen LogP contribution in [-0.2, 0) is 21.2 Å². The SMILES string of the molecule is Cc1ccc2nc(N3CCS(=O)(=O)c4ccccc4C3)cc(NC(=O)CN)c2c1. The van der Waals surface area contributed by atoms with Crippen LogP contribution in [0.1, 0.15) is 11.1 Å². The summed E-state index contributed by atoms with van der Waals surface area (Å²) < 4.78 is 25.3. The molecule has 150 valence electrons. The van der Waals surface area contributed by atoms with Crippen molar-refractivity contribution in [2.75, 3.05) is 29.1 Å². The number of amides is 1. The third-order valence-electron chi connectivity index (χ3n) is 5.03. The van der Waals surface area contributed by atoms with Crippen molar-refractivity contribution in [2.45, 2.75) is 18.4 Å². The van der Waals surface area contributed by atoms with E-state index in [1.165, 1.54) is 0 Å². The maximum atomic E-state index is 12.7. The zero-order valence-electron chi connectivity index (χ0n) is 16.1. The monoisotopic (exact) mass is 410 g/mol. The Bertz CT molecular complexity index is 1210. The summed E-state index contributed by atoms with van der Waals surface area (Å²) in [5.74, 6) is 0.316. The quantitative estimate of drug-likeness (QED) is 0.686. The number of aryl methyl sites for hydroxylation is 1. The highest BCUT2D eigenvalue weighted by molar-refractivity contribution is 7.91. The number of fused-ring (bicyclic) bond motifs is 2. The first-order chi connectivity index (χ1) is 13.9. The second-order valence-corrected chi connectivity index (χ2v) is 9.23. The first-order valence-corrected chi connectivity index (χ1v) is 11.0. The second kappa shape index (κ2) is 7.46. The van der Waals surface area contributed by atoms with Crippen LogP contribution in [0.15, 0.2) is 53.4 Å². The van der Waals surface area contributed by atoms with Gasteiger partial charge in [-0.3, -0.25) is 4.79 Å². The molecule has 2 heterocycles. The fourth-order valence-corrected chi connectivity index (χ4v) is 5.05. The molecule has 3 N–H and O–H groups in total. The number of sulfone groups is 1. The summed E-state index contributed by atoms with van der Waals surface area (Å²) in [4.78, 5) is 19.0. The van der Waals surface area contributed by atoms with E-state index in [2.05, 4.69) is 5.32 Å². The number of benzene rings is 2. The number of carbonyl (C=O) groups is 1. The molecule has 2 aromatic carbocycles. The van der Waals surface area contributed by atoms with E-state index in [-0.39, 0.29) is 18.2 Å². The van der Waals surface area contributed by atoms with E-state index in [1.54, 1.807) is 18.2 Å². The molecule has 3 aromatic rings. The first-order valence-electron chi connectivity index (χ1n) is 9.34. The van der Waals surface area contributed by atoms with Crippen LogP contribution in [0.3, 0.4) is 0 Å². The minimum atomic E-state index is -3.36. The number of carbonyl (C=O) groups excluding carboxylic acids is 1. The van der Waals surface area contributed by atoms with Crippen LogP contribution in [0.4, 0.5) is 11.5 Å². The summed E-state index contributed by atoms with van der Waals surface area (Å²) >= 11 is 0. The minimum Gasteiger partial charge on any atom is -0.351 e. The lowest BCUT2D eigenvalue weighted by molar-refractivity contribution is -0.114. The number of pyridine rings is 1. The molecule has 0 atom stereocenters. The van der Waals surface area contributed by atoms with Gasteiger partial charge in [-0.05, 0) is 30.7 Å². The number of aromatic nitrogens is 1. The Labute approximate surface area is 169 Å². The molecule has 0 saturated heterocycles. The molecule has 1 aliphatic rings. The third kappa shape index (κ3) is 3.81. The molecule has 0 unspecified atom stereocenters. The summed E-state index contributed by atoms with van der Waals surface area (Å²) in [7, 11) is -3.36. The third-order valence-corrected chi connectivity index (χ3v) is 6.82. The van der Waals surface area contributed by atoms with E-state index in [0.717, 1.165) is 22.0 Å². The lowest BCUT2D eigenvalue weighted by atomic mass is 10.1. The molecular formula is C21H22N4O3S. The molecular weight excluding hydrogens is 388 g/mol. The number of nitrogens with zero attached hydrogens (tertiary/aromatic N) is 2. The van der Waals surface area contributed by atoms with E-state index in [1.807, 2.05) is 42.2 Å². The predicted octanol–water partition coefficient (Wildman–Crippen LogP) is 2.23. The fraction of sp³-hybridized carbons (Fsp3) is 0.238. The van der Waals surface area contributed by atoms with Gasteiger partial charge in [-0.15, -0.1) is 0 Å². The van der Waals surface area contributed by atoms with Gasteiger partial charge in [-0.2, -0.15) is 0 Å². The summed E-state index contributed by atoms with van der Waals surface area (Å²) in [6.07, 6.45) is 0. The highest BCUT2D eigenvalue weighted by Crippen LogP contribution is 2.31. The van der Waals surface area contributed by atoms with Crippen molar-refractivity contribution in [1.82, 2.24) is 4.98 Å². The number of nitrogens with one attached hydrogen (secondary N) is 1. The molecule has 1 aliphatic heterocycles. The maximum Gasteiger partial charge on any atom is 0.238 e. The normalized spacial score (nSPS) is 15.6. The number of hydrogen-bond donors (Lipinski definition) is 2. The Morgan fingerprint density at radius 3 is 2.79 bits per heavy atom. The van der Waals surface area contributed by atoms with Crippen molar-refractivity contribution in [3.05, 3.63) is 59.7 Å². The average molecular weight is 410 g/mol. The van der Waals surface area contributed by atoms with Crippen molar-refractivity contribution >= 4 is 38.2 Å². The molecule has 8 heteroatoms. The van der Waals surface area contributed by atoms with Gasteiger partial charge < -0.3 is 16.0 Å². The van der Waals surface area contributed by atoms with Crippen molar-refractivity contribution in [1.29, 1.82) is 0 Å². The lowest BCUT2D eigenvalue weighted by Crippen LogP contribution is -2.27. The minimum absolute atomic E-state index is 0.00210. The highest BCUT2D eigenvalue weighted by atomic mass is 32.2. The molecule has 0 spiro atoms. The Morgan fingerprint density at radius 1 is 1.21 bits per heavy atom. The number of nitrogens with two attached hydrogens (primary N) is 1. The summed E-state index contributed by atoms with van der Waals surface area (Å²) in [6.45, 7) is 2.58. The van der Waals surface area contributed by atoms with E-state index in [9.17, 15) is 13.2 Å². The van der Waals surface area contributed by atoms with Crippen LogP contribution in [0.2, 0.25) is 0 Å².